The largest absolute Gasteiger partial charge is 0.358 e. The van der Waals surface area contributed by atoms with Crippen molar-refractivity contribution in [3.8, 4) is 0 Å². The van der Waals surface area contributed by atoms with E-state index in [9.17, 15) is 8.42 Å². The van der Waals surface area contributed by atoms with E-state index in [0.717, 1.165) is 48.6 Å². The number of hydrogen-bond donors (Lipinski definition) is 1. The summed E-state index contributed by atoms with van der Waals surface area (Å²) >= 11 is 0. The third kappa shape index (κ3) is 2.69. The van der Waals surface area contributed by atoms with Crippen LogP contribution in [0.3, 0.4) is 0 Å². The van der Waals surface area contributed by atoms with Crippen molar-refractivity contribution in [1.29, 1.82) is 0 Å². The molecule has 1 fully saturated rings. The van der Waals surface area contributed by atoms with Crippen LogP contribution in [0.25, 0.3) is 10.9 Å². The molecule has 1 N–H and O–H groups in total. The van der Waals surface area contributed by atoms with Crippen molar-refractivity contribution in [1.82, 2.24) is 13.6 Å². The van der Waals surface area contributed by atoms with Gasteiger partial charge in [-0.15, -0.1) is 0 Å². The Morgan fingerprint density at radius 1 is 0.913 bits per heavy atom. The SMILES string of the molecule is O=S(=O)(N1CCCCCC1)N1CCc2[nH]c3ccccc3c2C1. The summed E-state index contributed by atoms with van der Waals surface area (Å²) < 4.78 is 29.4. The lowest BCUT2D eigenvalue weighted by molar-refractivity contribution is 0.328. The minimum atomic E-state index is -3.34. The molecule has 0 spiro atoms. The molecule has 0 amide bonds. The number of H-pyrrole nitrogens is 1. The molecule has 2 aliphatic rings. The second-order valence-corrected chi connectivity index (χ2v) is 8.46. The van der Waals surface area contributed by atoms with Crippen LogP contribution in [0, 0.1) is 0 Å². The molecular formula is C17H23N3O2S. The zero-order valence-electron chi connectivity index (χ0n) is 13.3. The maximum Gasteiger partial charge on any atom is 0.282 e. The first-order valence-corrected chi connectivity index (χ1v) is 9.89. The third-order valence-electron chi connectivity index (χ3n) is 5.07. The summed E-state index contributed by atoms with van der Waals surface area (Å²) in [6, 6.07) is 8.16. The number of hydrogen-bond acceptors (Lipinski definition) is 2. The Hall–Kier alpha value is -1.37. The Labute approximate surface area is 137 Å². The molecular weight excluding hydrogens is 310 g/mol. The standard InChI is InChI=1S/C17H23N3O2S/c21-23(22,19-10-5-1-2-6-11-19)20-12-9-17-15(13-20)14-7-3-4-8-16(14)18-17/h3-4,7-8,18H,1-2,5-6,9-13H2. The van der Waals surface area contributed by atoms with Gasteiger partial charge >= 0.3 is 0 Å². The van der Waals surface area contributed by atoms with Gasteiger partial charge in [0.2, 0.25) is 0 Å². The molecule has 23 heavy (non-hydrogen) atoms. The molecule has 124 valence electrons. The maximum absolute atomic E-state index is 13.0. The van der Waals surface area contributed by atoms with E-state index in [1.54, 1.807) is 8.61 Å². The molecule has 0 unspecified atom stereocenters. The first-order chi connectivity index (χ1) is 11.2. The molecule has 0 aliphatic carbocycles. The second-order valence-electron chi connectivity index (χ2n) is 6.53. The zero-order chi connectivity index (χ0) is 15.9. The highest BCUT2D eigenvalue weighted by atomic mass is 32.2. The maximum atomic E-state index is 13.0. The predicted octanol–water partition coefficient (Wildman–Crippen LogP) is 2.65. The van der Waals surface area contributed by atoms with Crippen LogP contribution < -0.4 is 0 Å². The summed E-state index contributed by atoms with van der Waals surface area (Å²) in [7, 11) is -3.34. The fourth-order valence-corrected chi connectivity index (χ4v) is 5.43. The molecule has 5 nitrogen and oxygen atoms in total. The van der Waals surface area contributed by atoms with Crippen molar-refractivity contribution in [3.05, 3.63) is 35.5 Å². The third-order valence-corrected chi connectivity index (χ3v) is 7.05. The first kappa shape index (κ1) is 15.2. The van der Waals surface area contributed by atoms with Gasteiger partial charge in [0.25, 0.3) is 10.2 Å². The second kappa shape index (κ2) is 5.92. The van der Waals surface area contributed by atoms with E-state index in [4.69, 9.17) is 0 Å². The van der Waals surface area contributed by atoms with E-state index in [0.29, 0.717) is 26.2 Å². The lowest BCUT2D eigenvalue weighted by Crippen LogP contribution is -2.46. The summed E-state index contributed by atoms with van der Waals surface area (Å²) in [6.07, 6.45) is 4.99. The molecule has 0 radical (unpaired) electrons. The zero-order valence-corrected chi connectivity index (χ0v) is 14.1. The minimum Gasteiger partial charge on any atom is -0.358 e. The number of fused-ring (bicyclic) bond motifs is 3. The van der Waals surface area contributed by atoms with Gasteiger partial charge < -0.3 is 4.98 Å². The van der Waals surface area contributed by atoms with Crippen molar-refractivity contribution >= 4 is 21.1 Å². The number of para-hydroxylation sites is 1. The Morgan fingerprint density at radius 3 is 2.43 bits per heavy atom. The highest BCUT2D eigenvalue weighted by Crippen LogP contribution is 2.30. The fourth-order valence-electron chi connectivity index (χ4n) is 3.77. The number of nitrogens with zero attached hydrogens (tertiary/aromatic N) is 2. The van der Waals surface area contributed by atoms with Crippen LogP contribution in [0.4, 0.5) is 0 Å². The quantitative estimate of drug-likeness (QED) is 0.918. The van der Waals surface area contributed by atoms with E-state index < -0.39 is 10.2 Å². The number of aromatic amines is 1. The van der Waals surface area contributed by atoms with E-state index >= 15 is 0 Å². The van der Waals surface area contributed by atoms with Crippen LogP contribution >= 0.6 is 0 Å². The molecule has 3 heterocycles. The first-order valence-electron chi connectivity index (χ1n) is 8.50. The number of rotatable bonds is 2. The summed E-state index contributed by atoms with van der Waals surface area (Å²) in [5.41, 5.74) is 3.44. The van der Waals surface area contributed by atoms with E-state index in [1.165, 1.54) is 5.69 Å². The molecule has 1 aromatic heterocycles. The Morgan fingerprint density at radius 2 is 1.65 bits per heavy atom. The van der Waals surface area contributed by atoms with Crippen molar-refractivity contribution in [3.63, 3.8) is 0 Å². The van der Waals surface area contributed by atoms with Crippen LogP contribution in [0.2, 0.25) is 0 Å². The highest BCUT2D eigenvalue weighted by Gasteiger charge is 2.33. The molecule has 4 rings (SSSR count). The smallest absolute Gasteiger partial charge is 0.282 e. The molecule has 2 aliphatic heterocycles. The van der Waals surface area contributed by atoms with Crippen LogP contribution in [0.15, 0.2) is 24.3 Å². The summed E-state index contributed by atoms with van der Waals surface area (Å²) in [5.74, 6) is 0. The lowest BCUT2D eigenvalue weighted by Gasteiger charge is -2.31. The van der Waals surface area contributed by atoms with E-state index in [-0.39, 0.29) is 0 Å². The summed E-state index contributed by atoms with van der Waals surface area (Å²) in [5, 5.41) is 1.15. The van der Waals surface area contributed by atoms with Crippen molar-refractivity contribution in [2.45, 2.75) is 38.6 Å². The monoisotopic (exact) mass is 333 g/mol. The van der Waals surface area contributed by atoms with E-state index in [2.05, 4.69) is 17.1 Å². The molecule has 1 saturated heterocycles. The molecule has 6 heteroatoms. The predicted molar refractivity (Wildman–Crippen MR) is 91.4 cm³/mol. The minimum absolute atomic E-state index is 0.484. The van der Waals surface area contributed by atoms with Gasteiger partial charge in [-0.1, -0.05) is 31.0 Å². The van der Waals surface area contributed by atoms with Gasteiger partial charge in [-0.25, -0.2) is 0 Å². The normalized spacial score (nSPS) is 21.2. The summed E-state index contributed by atoms with van der Waals surface area (Å²) in [6.45, 7) is 2.38. The Balaban J connectivity index is 1.64. The highest BCUT2D eigenvalue weighted by molar-refractivity contribution is 7.86. The Bertz CT molecular complexity index is 804. The van der Waals surface area contributed by atoms with Gasteiger partial charge in [0.1, 0.15) is 0 Å². The van der Waals surface area contributed by atoms with Gasteiger partial charge in [-0.3, -0.25) is 0 Å². The van der Waals surface area contributed by atoms with Gasteiger partial charge in [-0.05, 0) is 24.5 Å². The van der Waals surface area contributed by atoms with Crippen molar-refractivity contribution < 1.29 is 8.42 Å². The molecule has 1 aromatic carbocycles. The average molecular weight is 333 g/mol. The van der Waals surface area contributed by atoms with Gasteiger partial charge in [0.15, 0.2) is 0 Å². The van der Waals surface area contributed by atoms with Crippen LogP contribution in [-0.4, -0.2) is 41.6 Å². The summed E-state index contributed by atoms with van der Waals surface area (Å²) in [4.78, 5) is 3.44. The van der Waals surface area contributed by atoms with Gasteiger partial charge in [0, 0.05) is 49.2 Å². The van der Waals surface area contributed by atoms with E-state index in [1.807, 2.05) is 12.1 Å². The average Bonchev–Trinajstić information content (AvgIpc) is 2.73. The number of nitrogens with one attached hydrogen (secondary N) is 1. The van der Waals surface area contributed by atoms with Crippen molar-refractivity contribution in [2.75, 3.05) is 19.6 Å². The van der Waals surface area contributed by atoms with Crippen LogP contribution in [0.5, 0.6) is 0 Å². The molecule has 0 saturated carbocycles. The van der Waals surface area contributed by atoms with Crippen molar-refractivity contribution in [2.24, 2.45) is 0 Å². The number of aromatic nitrogens is 1. The fraction of sp³-hybridized carbons (Fsp3) is 0.529. The molecule has 0 atom stereocenters. The van der Waals surface area contributed by atoms with Crippen LogP contribution in [-0.2, 0) is 23.2 Å². The molecule has 0 bridgehead atoms. The topological polar surface area (TPSA) is 56.4 Å². The van der Waals surface area contributed by atoms with Gasteiger partial charge in [-0.2, -0.15) is 17.0 Å². The lowest BCUT2D eigenvalue weighted by atomic mass is 10.1. The molecule has 2 aromatic rings. The van der Waals surface area contributed by atoms with Crippen LogP contribution in [0.1, 0.15) is 36.9 Å². The number of benzene rings is 1. The Kier molecular flexibility index (Phi) is 3.91. The van der Waals surface area contributed by atoms with Gasteiger partial charge in [0.05, 0.1) is 0 Å².